The molecule has 0 N–H and O–H groups in total. The van der Waals surface area contributed by atoms with Crippen molar-refractivity contribution >= 4 is 15.6 Å². The van der Waals surface area contributed by atoms with Crippen LogP contribution >= 0.6 is 15.6 Å². The largest absolute Gasteiger partial charge is 0.588 e. The Balaban J connectivity index is 1.24. The van der Waals surface area contributed by atoms with E-state index in [4.69, 9.17) is 27.1 Å². The standard InChI is InChI=1S/C46H48O8P2/c1-5-45(6-2,39-21-13-9-14-22-39)53-56(48,51-43-27-19-12-20-28-43)52-44-35-31-38(32-36-44)37-29-33-40(34-30-37)46(7-3,8-4)54-55(47,49-41-23-15-10-16-24-41)50-42-25-17-11-18-26-42/h9-36H,5-8H2,1-4H3. The highest BCUT2D eigenvalue weighted by molar-refractivity contribution is 7.49. The zero-order valence-electron chi connectivity index (χ0n) is 32.2. The molecule has 6 aromatic carbocycles. The van der Waals surface area contributed by atoms with Crippen LogP contribution in [0.3, 0.4) is 0 Å². The van der Waals surface area contributed by atoms with E-state index in [9.17, 15) is 9.13 Å². The summed E-state index contributed by atoms with van der Waals surface area (Å²) >= 11 is 0. The van der Waals surface area contributed by atoms with Crippen molar-refractivity contribution in [2.24, 2.45) is 0 Å². The molecule has 1 atom stereocenters. The third-order valence-electron chi connectivity index (χ3n) is 9.85. The Morgan fingerprint density at radius 1 is 0.357 bits per heavy atom. The van der Waals surface area contributed by atoms with Crippen molar-refractivity contribution in [2.45, 2.75) is 64.6 Å². The highest BCUT2D eigenvalue weighted by atomic mass is 31.2. The highest BCUT2D eigenvalue weighted by Crippen LogP contribution is 2.58. The summed E-state index contributed by atoms with van der Waals surface area (Å²) in [6, 6.07) is 51.6. The fourth-order valence-electron chi connectivity index (χ4n) is 6.60. The summed E-state index contributed by atoms with van der Waals surface area (Å²) in [5.74, 6) is 1.44. The molecule has 0 bridgehead atoms. The van der Waals surface area contributed by atoms with Crippen LogP contribution in [0.1, 0.15) is 64.5 Å². The van der Waals surface area contributed by atoms with E-state index < -0.39 is 26.8 Å². The number of benzene rings is 6. The molecule has 0 aliphatic heterocycles. The van der Waals surface area contributed by atoms with Gasteiger partial charge in [0.15, 0.2) is 0 Å². The third kappa shape index (κ3) is 9.82. The first-order chi connectivity index (χ1) is 27.1. The van der Waals surface area contributed by atoms with Crippen molar-refractivity contribution in [3.8, 4) is 34.1 Å². The first-order valence-corrected chi connectivity index (χ1v) is 21.9. The first kappa shape index (κ1) is 40.6. The van der Waals surface area contributed by atoms with Crippen molar-refractivity contribution in [3.05, 3.63) is 181 Å². The summed E-state index contributed by atoms with van der Waals surface area (Å²) in [5, 5.41) is 0. The fourth-order valence-corrected chi connectivity index (χ4v) is 9.92. The molecule has 0 fully saturated rings. The Morgan fingerprint density at radius 2 is 0.625 bits per heavy atom. The van der Waals surface area contributed by atoms with Gasteiger partial charge in [-0.15, -0.1) is 0 Å². The molecule has 0 aliphatic rings. The second-order valence-electron chi connectivity index (χ2n) is 13.3. The molecule has 0 aromatic heterocycles. The van der Waals surface area contributed by atoms with Gasteiger partial charge < -0.3 is 18.1 Å². The number of rotatable bonds is 19. The average Bonchev–Trinajstić information content (AvgIpc) is 3.24. The molecule has 0 radical (unpaired) electrons. The summed E-state index contributed by atoms with van der Waals surface area (Å²) in [6.07, 6.45) is 2.11. The molecule has 1 unspecified atom stereocenters. The fraction of sp³-hybridized carbons (Fsp3) is 0.217. The number of phosphoric ester groups is 2. The summed E-state index contributed by atoms with van der Waals surface area (Å²) < 4.78 is 66.1. The van der Waals surface area contributed by atoms with Crippen molar-refractivity contribution in [3.63, 3.8) is 0 Å². The van der Waals surface area contributed by atoms with Crippen molar-refractivity contribution in [2.75, 3.05) is 0 Å². The lowest BCUT2D eigenvalue weighted by atomic mass is 9.87. The van der Waals surface area contributed by atoms with E-state index >= 15 is 0 Å². The van der Waals surface area contributed by atoms with E-state index in [1.807, 2.05) is 113 Å². The lowest BCUT2D eigenvalue weighted by molar-refractivity contribution is 0.0277. The average molecular weight is 791 g/mol. The van der Waals surface area contributed by atoms with Crippen LogP contribution in [0.15, 0.2) is 170 Å². The zero-order valence-corrected chi connectivity index (χ0v) is 33.9. The Bertz CT molecular complexity index is 2150. The smallest absolute Gasteiger partial charge is 0.395 e. The van der Waals surface area contributed by atoms with Gasteiger partial charge in [0.2, 0.25) is 0 Å². The van der Waals surface area contributed by atoms with Gasteiger partial charge in [-0.1, -0.05) is 149 Å². The molecule has 0 amide bonds. The minimum Gasteiger partial charge on any atom is -0.395 e. The molecule has 8 nitrogen and oxygen atoms in total. The lowest BCUT2D eigenvalue weighted by Crippen LogP contribution is -2.29. The van der Waals surface area contributed by atoms with Crippen LogP contribution in [0.25, 0.3) is 11.1 Å². The van der Waals surface area contributed by atoms with E-state index in [1.165, 1.54) is 0 Å². The van der Waals surface area contributed by atoms with Crippen LogP contribution in [0.4, 0.5) is 0 Å². The van der Waals surface area contributed by atoms with Crippen LogP contribution < -0.4 is 18.1 Å². The van der Waals surface area contributed by atoms with Gasteiger partial charge in [0, 0.05) is 0 Å². The summed E-state index contributed by atoms with van der Waals surface area (Å²) in [5.41, 5.74) is 1.64. The van der Waals surface area contributed by atoms with E-state index in [0.29, 0.717) is 48.7 Å². The molecule has 6 rings (SSSR count). The van der Waals surface area contributed by atoms with E-state index in [-0.39, 0.29) is 0 Å². The molecular formula is C46H48O8P2. The summed E-state index contributed by atoms with van der Waals surface area (Å²) in [6.45, 7) is 7.97. The zero-order chi connectivity index (χ0) is 39.5. The van der Waals surface area contributed by atoms with Gasteiger partial charge >= 0.3 is 15.6 Å². The topological polar surface area (TPSA) is 89.5 Å². The molecule has 6 aromatic rings. The maximum Gasteiger partial charge on any atom is 0.588 e. The third-order valence-corrected chi connectivity index (χ3v) is 12.7. The van der Waals surface area contributed by atoms with Gasteiger partial charge in [0.1, 0.15) is 34.2 Å². The Labute approximate surface area is 330 Å². The normalized spacial score (nSPS) is 13.0. The molecule has 0 heterocycles. The second-order valence-corrected chi connectivity index (χ2v) is 16.1. The molecule has 0 saturated heterocycles. The molecular weight excluding hydrogens is 742 g/mol. The lowest BCUT2D eigenvalue weighted by Gasteiger charge is -2.34. The Morgan fingerprint density at radius 3 is 0.946 bits per heavy atom. The van der Waals surface area contributed by atoms with Crippen molar-refractivity contribution in [1.29, 1.82) is 0 Å². The number of hydrogen-bond donors (Lipinski definition) is 0. The van der Waals surface area contributed by atoms with Gasteiger partial charge in [-0.3, -0.25) is 9.05 Å². The van der Waals surface area contributed by atoms with Gasteiger partial charge in [0.05, 0.1) is 0 Å². The monoisotopic (exact) mass is 790 g/mol. The SMILES string of the molecule is CCC(CC)(OP(=O)(Oc1ccccc1)Oc1ccc(-c2ccc(C(CC)(CC)OP(=O)(Oc3ccccc3)Oc3ccccc3)cc2)cc1)c1ccccc1. The van der Waals surface area contributed by atoms with Crippen LogP contribution in [-0.2, 0) is 29.4 Å². The Hall–Kier alpha value is -5.10. The number of para-hydroxylation sites is 3. The van der Waals surface area contributed by atoms with E-state index in [2.05, 4.69) is 0 Å². The molecule has 0 saturated carbocycles. The van der Waals surface area contributed by atoms with Crippen LogP contribution in [0, 0.1) is 0 Å². The molecule has 10 heteroatoms. The minimum absolute atomic E-state index is 0.329. The maximum atomic E-state index is 14.6. The maximum absolute atomic E-state index is 14.6. The molecule has 290 valence electrons. The van der Waals surface area contributed by atoms with Gasteiger partial charge in [0.25, 0.3) is 0 Å². The van der Waals surface area contributed by atoms with Gasteiger partial charge in [-0.05, 0) is 96.5 Å². The second kappa shape index (κ2) is 18.2. The molecule has 56 heavy (non-hydrogen) atoms. The predicted octanol–water partition coefficient (Wildman–Crippen LogP) is 13.9. The van der Waals surface area contributed by atoms with Crippen molar-refractivity contribution < 1.29 is 36.3 Å². The minimum atomic E-state index is -4.22. The van der Waals surface area contributed by atoms with Gasteiger partial charge in [-0.2, -0.15) is 0 Å². The predicted molar refractivity (Wildman–Crippen MR) is 222 cm³/mol. The van der Waals surface area contributed by atoms with Crippen LogP contribution in [0.2, 0.25) is 0 Å². The van der Waals surface area contributed by atoms with Crippen LogP contribution in [0.5, 0.6) is 23.0 Å². The Kier molecular flexibility index (Phi) is 13.2. The summed E-state index contributed by atoms with van der Waals surface area (Å²) in [7, 11) is -8.41. The molecule has 0 spiro atoms. The van der Waals surface area contributed by atoms with E-state index in [1.54, 1.807) is 84.9 Å². The first-order valence-electron chi connectivity index (χ1n) is 19.0. The number of phosphoric acid groups is 2. The summed E-state index contributed by atoms with van der Waals surface area (Å²) in [4.78, 5) is 0. The quantitative estimate of drug-likeness (QED) is 0.0749. The van der Waals surface area contributed by atoms with Gasteiger partial charge in [-0.25, -0.2) is 9.13 Å². The molecule has 0 aliphatic carbocycles. The number of hydrogen-bond acceptors (Lipinski definition) is 8. The highest BCUT2D eigenvalue weighted by Gasteiger charge is 2.44. The van der Waals surface area contributed by atoms with Crippen molar-refractivity contribution in [1.82, 2.24) is 0 Å². The van der Waals surface area contributed by atoms with E-state index in [0.717, 1.165) is 22.3 Å². The van der Waals surface area contributed by atoms with Crippen LogP contribution in [-0.4, -0.2) is 0 Å².